The van der Waals surface area contributed by atoms with E-state index in [9.17, 15) is 9.18 Å². The van der Waals surface area contributed by atoms with Crippen molar-refractivity contribution in [1.29, 1.82) is 0 Å². The van der Waals surface area contributed by atoms with Gasteiger partial charge in [-0.1, -0.05) is 67.9 Å². The average Bonchev–Trinajstić information content (AvgIpc) is 2.72. The lowest BCUT2D eigenvalue weighted by molar-refractivity contribution is -0.125. The van der Waals surface area contributed by atoms with Gasteiger partial charge >= 0.3 is 0 Å². The predicted octanol–water partition coefficient (Wildman–Crippen LogP) is 7.71. The fraction of sp³-hybridized carbons (Fsp3) is 0.815. The monoisotopic (exact) mass is 421 g/mol. The summed E-state index contributed by atoms with van der Waals surface area (Å²) in [5.41, 5.74) is 1.29. The molecule has 0 aromatic rings. The second-order valence-electron chi connectivity index (χ2n) is 10.1. The van der Waals surface area contributed by atoms with Crippen molar-refractivity contribution >= 4 is 5.78 Å². The second kappa shape index (κ2) is 13.3. The zero-order chi connectivity index (χ0) is 22.8. The third kappa shape index (κ3) is 8.19. The van der Waals surface area contributed by atoms with E-state index in [2.05, 4.69) is 59.9 Å². The van der Waals surface area contributed by atoms with Crippen molar-refractivity contribution in [2.24, 2.45) is 41.4 Å². The van der Waals surface area contributed by atoms with Crippen LogP contribution in [-0.2, 0) is 4.79 Å². The molecule has 30 heavy (non-hydrogen) atoms. The molecule has 7 atom stereocenters. The third-order valence-electron chi connectivity index (χ3n) is 7.71. The molecule has 0 bridgehead atoms. The van der Waals surface area contributed by atoms with Crippen molar-refractivity contribution in [1.82, 2.24) is 5.32 Å². The van der Waals surface area contributed by atoms with Crippen LogP contribution in [0.1, 0.15) is 93.9 Å². The Morgan fingerprint density at radius 2 is 1.73 bits per heavy atom. The third-order valence-corrected chi connectivity index (χ3v) is 7.71. The van der Waals surface area contributed by atoms with Crippen molar-refractivity contribution in [2.45, 2.75) is 93.9 Å². The molecule has 0 heterocycles. The van der Waals surface area contributed by atoms with Gasteiger partial charge in [-0.3, -0.25) is 4.79 Å². The summed E-state index contributed by atoms with van der Waals surface area (Å²) in [6.07, 6.45) is 9.71. The largest absolute Gasteiger partial charge is 0.389 e. The number of halogens is 1. The van der Waals surface area contributed by atoms with E-state index in [0.717, 1.165) is 38.6 Å². The highest BCUT2D eigenvalue weighted by atomic mass is 19.1. The lowest BCUT2D eigenvalue weighted by Gasteiger charge is -2.29. The van der Waals surface area contributed by atoms with Gasteiger partial charge in [0.25, 0.3) is 0 Å². The average molecular weight is 422 g/mol. The van der Waals surface area contributed by atoms with Gasteiger partial charge in [0.15, 0.2) is 0 Å². The molecular weight excluding hydrogens is 373 g/mol. The van der Waals surface area contributed by atoms with Crippen molar-refractivity contribution < 1.29 is 9.18 Å². The molecule has 3 heteroatoms. The molecule has 0 saturated heterocycles. The van der Waals surface area contributed by atoms with Crippen molar-refractivity contribution in [3.8, 4) is 0 Å². The van der Waals surface area contributed by atoms with Crippen LogP contribution in [0.3, 0.4) is 0 Å². The van der Waals surface area contributed by atoms with E-state index >= 15 is 0 Å². The molecule has 0 aromatic heterocycles. The highest BCUT2D eigenvalue weighted by molar-refractivity contribution is 5.81. The van der Waals surface area contributed by atoms with Crippen LogP contribution in [0.4, 0.5) is 4.39 Å². The summed E-state index contributed by atoms with van der Waals surface area (Å²) in [5.74, 6) is 1.62. The quantitative estimate of drug-likeness (QED) is 0.476. The van der Waals surface area contributed by atoms with Crippen LogP contribution in [0.15, 0.2) is 23.7 Å². The number of nitrogens with one attached hydrogen (secondary N) is 1. The van der Waals surface area contributed by atoms with Gasteiger partial charge in [0.05, 0.1) is 5.83 Å². The topological polar surface area (TPSA) is 29.1 Å². The van der Waals surface area contributed by atoms with Crippen LogP contribution in [0.2, 0.25) is 0 Å². The molecule has 0 aliphatic heterocycles. The number of Topliss-reactive ketones (excluding diaryl/α,β-unsaturated/α-hetero) is 1. The van der Waals surface area contributed by atoms with Crippen LogP contribution < -0.4 is 5.32 Å². The number of rotatable bonds is 6. The maximum Gasteiger partial charge on any atom is 0.136 e. The number of hydrogen-bond acceptors (Lipinski definition) is 2. The van der Waals surface area contributed by atoms with Crippen LogP contribution in [0.5, 0.6) is 0 Å². The smallest absolute Gasteiger partial charge is 0.136 e. The first-order valence-corrected chi connectivity index (χ1v) is 12.4. The zero-order valence-electron chi connectivity index (χ0n) is 20.9. The molecule has 0 aromatic carbocycles. The Bertz CT molecular complexity index is 581. The second-order valence-corrected chi connectivity index (χ2v) is 10.1. The summed E-state index contributed by atoms with van der Waals surface area (Å²) in [5, 5.41) is 3.59. The Labute approximate surface area is 186 Å². The van der Waals surface area contributed by atoms with E-state index in [1.807, 2.05) is 6.92 Å². The molecule has 0 saturated carbocycles. The lowest BCUT2D eigenvalue weighted by atomic mass is 9.76. The number of hydrogen-bond donors (Lipinski definition) is 1. The van der Waals surface area contributed by atoms with Crippen LogP contribution in [0, 0.1) is 41.4 Å². The normalized spacial score (nSPS) is 36.8. The standard InChI is InChI=1S/C27H48FNO/c1-9-11-25(29-14-10-2)17-24-13-12-18(3)21(6)22(7)26(28)15-19(4)20(5)16-27(30)23(24)8/h11,15,18-24,29H,9-10,12-14,16-17H2,1-8H3/b25-11+,26-15+. The first-order valence-electron chi connectivity index (χ1n) is 12.4. The Hall–Kier alpha value is -1.12. The first-order chi connectivity index (χ1) is 14.1. The van der Waals surface area contributed by atoms with E-state index in [1.165, 1.54) is 5.70 Å². The van der Waals surface area contributed by atoms with Gasteiger partial charge in [-0.2, -0.15) is 0 Å². The lowest BCUT2D eigenvalue weighted by Crippen LogP contribution is -2.27. The number of carbonyl (C=O) groups excluding carboxylic acids is 1. The molecular formula is C27H48FNO. The molecule has 1 rings (SSSR count). The molecule has 174 valence electrons. The predicted molar refractivity (Wildman–Crippen MR) is 128 cm³/mol. The highest BCUT2D eigenvalue weighted by Crippen LogP contribution is 2.36. The Morgan fingerprint density at radius 3 is 2.33 bits per heavy atom. The summed E-state index contributed by atoms with van der Waals surface area (Å²) in [4.78, 5) is 13.2. The fourth-order valence-electron chi connectivity index (χ4n) is 4.57. The van der Waals surface area contributed by atoms with E-state index in [0.29, 0.717) is 30.0 Å². The van der Waals surface area contributed by atoms with Gasteiger partial charge in [0.1, 0.15) is 5.78 Å². The van der Waals surface area contributed by atoms with Gasteiger partial charge in [-0.15, -0.1) is 0 Å². The van der Waals surface area contributed by atoms with Crippen LogP contribution in [0.25, 0.3) is 0 Å². The van der Waals surface area contributed by atoms with Gasteiger partial charge in [0, 0.05) is 30.5 Å². The minimum atomic E-state index is -0.0660. The maximum atomic E-state index is 14.9. The molecule has 0 amide bonds. The summed E-state index contributed by atoms with van der Waals surface area (Å²) in [7, 11) is 0. The first kappa shape index (κ1) is 26.9. The maximum absolute atomic E-state index is 14.9. The molecule has 1 aliphatic rings. The van der Waals surface area contributed by atoms with E-state index < -0.39 is 0 Å². The van der Waals surface area contributed by atoms with Crippen molar-refractivity contribution in [3.63, 3.8) is 0 Å². The zero-order valence-corrected chi connectivity index (χ0v) is 20.9. The van der Waals surface area contributed by atoms with E-state index in [-0.39, 0.29) is 29.5 Å². The Morgan fingerprint density at radius 1 is 1.07 bits per heavy atom. The molecule has 1 N–H and O–H groups in total. The molecule has 0 fully saturated rings. The summed E-state index contributed by atoms with van der Waals surface area (Å²) < 4.78 is 14.9. The molecule has 2 nitrogen and oxygen atoms in total. The molecule has 0 radical (unpaired) electrons. The number of ketones is 1. The summed E-state index contributed by atoms with van der Waals surface area (Å²) in [6.45, 7) is 18.1. The number of allylic oxidation sites excluding steroid dienone is 4. The molecule has 0 spiro atoms. The minimum absolute atomic E-state index is 0.00178. The van der Waals surface area contributed by atoms with Crippen LogP contribution in [-0.4, -0.2) is 12.3 Å². The van der Waals surface area contributed by atoms with Gasteiger partial charge in [-0.25, -0.2) is 4.39 Å². The van der Waals surface area contributed by atoms with Gasteiger partial charge in [0.2, 0.25) is 0 Å². The number of carbonyl (C=O) groups is 1. The van der Waals surface area contributed by atoms with E-state index in [4.69, 9.17) is 0 Å². The van der Waals surface area contributed by atoms with E-state index in [1.54, 1.807) is 6.08 Å². The Balaban J connectivity index is 3.14. The fourth-order valence-corrected chi connectivity index (χ4v) is 4.57. The van der Waals surface area contributed by atoms with Crippen molar-refractivity contribution in [2.75, 3.05) is 6.54 Å². The molecule has 1 aliphatic carbocycles. The Kier molecular flexibility index (Phi) is 12.0. The summed E-state index contributed by atoms with van der Waals surface area (Å²) in [6, 6.07) is 0. The van der Waals surface area contributed by atoms with Crippen LogP contribution >= 0.6 is 0 Å². The van der Waals surface area contributed by atoms with Gasteiger partial charge < -0.3 is 5.32 Å². The van der Waals surface area contributed by atoms with Gasteiger partial charge in [-0.05, 0) is 61.3 Å². The minimum Gasteiger partial charge on any atom is -0.389 e. The molecule has 7 unspecified atom stereocenters. The summed E-state index contributed by atoms with van der Waals surface area (Å²) >= 11 is 0. The SMILES string of the molecule is CC/C=C(\CC1CCC(C)C(C)C(C)/C(F)=C\C(C)C(C)CC(=O)C1C)NCCC. The highest BCUT2D eigenvalue weighted by Gasteiger charge is 2.30. The van der Waals surface area contributed by atoms with Crippen molar-refractivity contribution in [3.05, 3.63) is 23.7 Å².